The average molecular weight is 467 g/mol. The first kappa shape index (κ1) is 20.8. The summed E-state index contributed by atoms with van der Waals surface area (Å²) in [5.74, 6) is -0.100. The van der Waals surface area contributed by atoms with Crippen molar-refractivity contribution in [2.24, 2.45) is 0 Å². The van der Waals surface area contributed by atoms with Crippen LogP contribution in [0, 0.1) is 0 Å². The summed E-state index contributed by atoms with van der Waals surface area (Å²) in [6.07, 6.45) is 1.68. The van der Waals surface area contributed by atoms with Gasteiger partial charge >= 0.3 is 0 Å². The monoisotopic (exact) mass is 466 g/mol. The summed E-state index contributed by atoms with van der Waals surface area (Å²) in [6.45, 7) is 2.86. The van der Waals surface area contributed by atoms with Crippen molar-refractivity contribution in [3.8, 4) is 5.75 Å². The largest absolute Gasteiger partial charge is 0.495 e. The summed E-state index contributed by atoms with van der Waals surface area (Å²) in [5, 5.41) is 2.92. The number of carbonyl (C=O) groups excluding carboxylic acids is 1. The van der Waals surface area contributed by atoms with E-state index in [4.69, 9.17) is 4.74 Å². The van der Waals surface area contributed by atoms with Gasteiger partial charge < -0.3 is 10.1 Å². The van der Waals surface area contributed by atoms with Crippen LogP contribution in [0.4, 0.5) is 0 Å². The normalized spacial score (nSPS) is 16.0. The zero-order valence-electron chi connectivity index (χ0n) is 15.8. The molecule has 2 aromatic rings. The van der Waals surface area contributed by atoms with Crippen LogP contribution in [0.25, 0.3) is 0 Å². The zero-order chi connectivity index (χ0) is 20.3. The van der Waals surface area contributed by atoms with Crippen molar-refractivity contribution in [3.63, 3.8) is 0 Å². The van der Waals surface area contributed by atoms with Gasteiger partial charge in [-0.3, -0.25) is 4.79 Å². The lowest BCUT2D eigenvalue weighted by Crippen LogP contribution is -2.29. The Bertz CT molecular complexity index is 972. The third kappa shape index (κ3) is 4.39. The Morgan fingerprint density at radius 3 is 2.54 bits per heavy atom. The molecule has 0 saturated carbocycles. The van der Waals surface area contributed by atoms with Gasteiger partial charge in [-0.1, -0.05) is 28.1 Å². The summed E-state index contributed by atoms with van der Waals surface area (Å²) >= 11 is 3.42. The van der Waals surface area contributed by atoms with Crippen LogP contribution in [0.15, 0.2) is 51.8 Å². The first-order chi connectivity index (χ1) is 13.3. The molecule has 6 nitrogen and oxygen atoms in total. The number of halogens is 1. The molecule has 0 radical (unpaired) electrons. The first-order valence-corrected chi connectivity index (χ1v) is 11.3. The Hall–Kier alpha value is -1.90. The molecule has 150 valence electrons. The molecule has 0 bridgehead atoms. The lowest BCUT2D eigenvalue weighted by molar-refractivity contribution is 0.0939. The van der Waals surface area contributed by atoms with E-state index in [1.54, 1.807) is 6.07 Å². The van der Waals surface area contributed by atoms with Crippen molar-refractivity contribution in [1.82, 2.24) is 9.62 Å². The van der Waals surface area contributed by atoms with Gasteiger partial charge in [0.1, 0.15) is 10.6 Å². The highest BCUT2D eigenvalue weighted by Crippen LogP contribution is 2.30. The fourth-order valence-electron chi connectivity index (χ4n) is 3.23. The van der Waals surface area contributed by atoms with Crippen LogP contribution in [0.1, 0.15) is 41.7 Å². The van der Waals surface area contributed by atoms with Gasteiger partial charge in [0, 0.05) is 23.1 Å². The van der Waals surface area contributed by atoms with Crippen LogP contribution in [0.3, 0.4) is 0 Å². The number of hydrogen-bond acceptors (Lipinski definition) is 4. The smallest absolute Gasteiger partial charge is 0.251 e. The van der Waals surface area contributed by atoms with Crippen LogP contribution in [0.2, 0.25) is 0 Å². The summed E-state index contributed by atoms with van der Waals surface area (Å²) in [4.78, 5) is 12.8. The van der Waals surface area contributed by atoms with Gasteiger partial charge in [0.2, 0.25) is 10.0 Å². The Labute approximate surface area is 174 Å². The van der Waals surface area contributed by atoms with Gasteiger partial charge in [-0.2, -0.15) is 4.31 Å². The molecule has 1 heterocycles. The summed E-state index contributed by atoms with van der Waals surface area (Å²) in [7, 11) is -2.28. The highest BCUT2D eigenvalue weighted by molar-refractivity contribution is 9.10. The van der Waals surface area contributed by atoms with E-state index < -0.39 is 10.0 Å². The number of amides is 1. The van der Waals surface area contributed by atoms with Gasteiger partial charge in [-0.25, -0.2) is 8.42 Å². The second-order valence-corrected chi connectivity index (χ2v) is 9.55. The van der Waals surface area contributed by atoms with E-state index in [-0.39, 0.29) is 28.2 Å². The highest BCUT2D eigenvalue weighted by Gasteiger charge is 2.30. The standard InChI is InChI=1S/C20H23BrN2O4S/c1-14(15-6-5-7-17(21)12-15)22-20(24)16-8-9-18(27-2)19(13-16)28(25,26)23-10-3-4-11-23/h5-9,12-14H,3-4,10-11H2,1-2H3,(H,22,24)/t14-/m1/s1. The van der Waals surface area contributed by atoms with E-state index in [1.807, 2.05) is 31.2 Å². The van der Waals surface area contributed by atoms with E-state index in [1.165, 1.54) is 23.5 Å². The summed E-state index contributed by atoms with van der Waals surface area (Å²) < 4.78 is 33.6. The molecule has 0 unspecified atom stereocenters. The quantitative estimate of drug-likeness (QED) is 0.703. The van der Waals surface area contributed by atoms with E-state index in [0.717, 1.165) is 22.9 Å². The molecule has 28 heavy (non-hydrogen) atoms. The van der Waals surface area contributed by atoms with Gasteiger partial charge in [-0.05, 0) is 55.7 Å². The summed E-state index contributed by atoms with van der Waals surface area (Å²) in [6, 6.07) is 11.9. The van der Waals surface area contributed by atoms with E-state index >= 15 is 0 Å². The SMILES string of the molecule is COc1ccc(C(=O)N[C@H](C)c2cccc(Br)c2)cc1S(=O)(=O)N1CCCC1. The summed E-state index contributed by atoms with van der Waals surface area (Å²) in [5.41, 5.74) is 1.22. The maximum absolute atomic E-state index is 13.0. The predicted molar refractivity (Wildman–Crippen MR) is 111 cm³/mol. The number of methoxy groups -OCH3 is 1. The Morgan fingerprint density at radius 2 is 1.89 bits per heavy atom. The van der Waals surface area contributed by atoms with Crippen molar-refractivity contribution in [1.29, 1.82) is 0 Å². The molecule has 1 atom stereocenters. The Morgan fingerprint density at radius 1 is 1.18 bits per heavy atom. The highest BCUT2D eigenvalue weighted by atomic mass is 79.9. The number of benzene rings is 2. The van der Waals surface area contributed by atoms with E-state index in [0.29, 0.717) is 13.1 Å². The molecule has 1 aliphatic heterocycles. The van der Waals surface area contributed by atoms with Gasteiger partial charge in [0.25, 0.3) is 5.91 Å². The van der Waals surface area contributed by atoms with Crippen molar-refractivity contribution in [2.75, 3.05) is 20.2 Å². The molecule has 2 aromatic carbocycles. The van der Waals surface area contributed by atoms with Crippen LogP contribution in [-0.2, 0) is 10.0 Å². The van der Waals surface area contributed by atoms with Crippen molar-refractivity contribution < 1.29 is 17.9 Å². The average Bonchev–Trinajstić information content (AvgIpc) is 3.23. The second-order valence-electron chi connectivity index (χ2n) is 6.73. The topological polar surface area (TPSA) is 75.7 Å². The predicted octanol–water partition coefficient (Wildman–Crippen LogP) is 3.73. The molecule has 3 rings (SSSR count). The zero-order valence-corrected chi connectivity index (χ0v) is 18.2. The third-order valence-corrected chi connectivity index (χ3v) is 7.22. The fraction of sp³-hybridized carbons (Fsp3) is 0.350. The molecular weight excluding hydrogens is 444 g/mol. The molecule has 1 aliphatic rings. The van der Waals surface area contributed by atoms with Crippen LogP contribution >= 0.6 is 15.9 Å². The minimum atomic E-state index is -3.70. The number of nitrogens with zero attached hydrogens (tertiary/aromatic N) is 1. The lowest BCUT2D eigenvalue weighted by atomic mass is 10.1. The third-order valence-electron chi connectivity index (χ3n) is 4.80. The van der Waals surface area contributed by atoms with Crippen molar-refractivity contribution in [3.05, 3.63) is 58.1 Å². The Balaban J connectivity index is 1.87. The molecule has 0 spiro atoms. The molecule has 8 heteroatoms. The number of carbonyl (C=O) groups is 1. The van der Waals surface area contributed by atoms with E-state index in [2.05, 4.69) is 21.2 Å². The molecular formula is C20H23BrN2O4S. The Kier molecular flexibility index (Phi) is 6.42. The maximum Gasteiger partial charge on any atom is 0.251 e. The van der Waals surface area contributed by atoms with Gasteiger partial charge in [0.15, 0.2) is 0 Å². The second kappa shape index (κ2) is 8.63. The molecule has 0 aliphatic carbocycles. The molecule has 0 aromatic heterocycles. The number of nitrogens with one attached hydrogen (secondary N) is 1. The van der Waals surface area contributed by atoms with Crippen LogP contribution in [-0.4, -0.2) is 38.8 Å². The maximum atomic E-state index is 13.0. The first-order valence-electron chi connectivity index (χ1n) is 9.07. The molecule has 1 saturated heterocycles. The van der Waals surface area contributed by atoms with Crippen molar-refractivity contribution in [2.45, 2.75) is 30.7 Å². The molecule has 1 amide bonds. The number of ether oxygens (including phenoxy) is 1. The van der Waals surface area contributed by atoms with Crippen LogP contribution < -0.4 is 10.1 Å². The van der Waals surface area contributed by atoms with E-state index in [9.17, 15) is 13.2 Å². The molecule has 1 N–H and O–H groups in total. The van der Waals surface area contributed by atoms with Crippen molar-refractivity contribution >= 4 is 31.9 Å². The number of rotatable bonds is 6. The van der Waals surface area contributed by atoms with Gasteiger partial charge in [-0.15, -0.1) is 0 Å². The number of sulfonamides is 1. The van der Waals surface area contributed by atoms with Crippen LogP contribution in [0.5, 0.6) is 5.75 Å². The fourth-order valence-corrected chi connectivity index (χ4v) is 5.34. The number of hydrogen-bond donors (Lipinski definition) is 1. The van der Waals surface area contributed by atoms with Gasteiger partial charge in [0.05, 0.1) is 13.2 Å². The molecule has 1 fully saturated rings. The lowest BCUT2D eigenvalue weighted by Gasteiger charge is -2.19. The minimum absolute atomic E-state index is 0.0275. The minimum Gasteiger partial charge on any atom is -0.495 e.